The Morgan fingerprint density at radius 1 is 1.26 bits per heavy atom. The Labute approximate surface area is 200 Å². The van der Waals surface area contributed by atoms with Gasteiger partial charge in [0.25, 0.3) is 10.0 Å². The number of furan rings is 1. The summed E-state index contributed by atoms with van der Waals surface area (Å²) in [6.45, 7) is 8.27. The molecule has 2 aliphatic heterocycles. The van der Waals surface area contributed by atoms with Gasteiger partial charge in [0.1, 0.15) is 17.6 Å². The van der Waals surface area contributed by atoms with Crippen LogP contribution in [0.2, 0.25) is 0 Å². The van der Waals surface area contributed by atoms with Crippen LogP contribution >= 0.6 is 11.3 Å². The molecular weight excluding hydrogens is 506 g/mol. The predicted octanol–water partition coefficient (Wildman–Crippen LogP) is 1.75. The van der Waals surface area contributed by atoms with Gasteiger partial charge in [-0.05, 0) is 26.0 Å². The molecule has 0 radical (unpaired) electrons. The predicted molar refractivity (Wildman–Crippen MR) is 127 cm³/mol. The van der Waals surface area contributed by atoms with Crippen molar-refractivity contribution in [3.63, 3.8) is 0 Å². The number of rotatable bonds is 6. The minimum atomic E-state index is -4.19. The number of anilines is 1. The van der Waals surface area contributed by atoms with Gasteiger partial charge in [-0.1, -0.05) is 12.2 Å². The van der Waals surface area contributed by atoms with Crippen LogP contribution in [0.1, 0.15) is 24.5 Å². The quantitative estimate of drug-likeness (QED) is 0.473. The maximum atomic E-state index is 12.9. The van der Waals surface area contributed by atoms with Crippen molar-refractivity contribution in [2.75, 3.05) is 31.6 Å². The zero-order valence-electron chi connectivity index (χ0n) is 18.3. The van der Waals surface area contributed by atoms with Crippen molar-refractivity contribution >= 4 is 48.9 Å². The third kappa shape index (κ3) is 4.88. The molecule has 0 bridgehead atoms. The lowest BCUT2D eigenvalue weighted by Crippen LogP contribution is -2.40. The number of aryl methyl sites for hydroxylation is 1. The molecule has 2 aliphatic rings. The summed E-state index contributed by atoms with van der Waals surface area (Å²) in [7, 11) is -8.14. The molecule has 15 heteroatoms. The fourth-order valence-corrected chi connectivity index (χ4v) is 6.89. The van der Waals surface area contributed by atoms with E-state index >= 15 is 0 Å². The van der Waals surface area contributed by atoms with E-state index in [4.69, 9.17) is 9.15 Å². The standard InChI is InChI=1S/C19H23N5O7S3/c1-11(2)15(14-5-4-12(3)31-14)21-18-17(22-34(28,29)23-18)20-13-10-32-19(16(13)25)33(26,27)24-6-8-30-9-7-24/h4-5,10,15,25H,1,6-9H2,2-3H3,(H,20,22)(H,21,23)/t15-/m1/s1. The topological polar surface area (TPSA) is 163 Å². The van der Waals surface area contributed by atoms with Crippen molar-refractivity contribution in [1.82, 2.24) is 9.62 Å². The Kier molecular flexibility index (Phi) is 6.56. The van der Waals surface area contributed by atoms with E-state index in [2.05, 4.69) is 26.0 Å². The highest BCUT2D eigenvalue weighted by molar-refractivity contribution is 7.91. The van der Waals surface area contributed by atoms with Crippen LogP contribution in [0, 0.1) is 6.92 Å². The largest absolute Gasteiger partial charge is 0.504 e. The number of hydrogen-bond acceptors (Lipinski definition) is 10. The molecule has 0 amide bonds. The second kappa shape index (κ2) is 9.14. The highest BCUT2D eigenvalue weighted by Gasteiger charge is 2.33. The van der Waals surface area contributed by atoms with Crippen molar-refractivity contribution in [2.45, 2.75) is 24.1 Å². The highest BCUT2D eigenvalue weighted by Crippen LogP contribution is 2.39. The van der Waals surface area contributed by atoms with Crippen LogP contribution in [-0.4, -0.2) is 64.2 Å². The first-order chi connectivity index (χ1) is 16.0. The first-order valence-electron chi connectivity index (χ1n) is 10.1. The smallest absolute Gasteiger partial charge is 0.367 e. The molecule has 12 nitrogen and oxygen atoms in total. The van der Waals surface area contributed by atoms with Crippen molar-refractivity contribution < 1.29 is 31.1 Å². The SMILES string of the molecule is C=C(C)[C@@H](NC1=NS(=O)(=O)N=C1Nc1csc(S(=O)(=O)N2CCOCC2)c1O)c1ccc(C)o1. The molecule has 2 aromatic rings. The lowest BCUT2D eigenvalue weighted by Gasteiger charge is -2.25. The average molecular weight is 530 g/mol. The van der Waals surface area contributed by atoms with Crippen molar-refractivity contribution in [1.29, 1.82) is 0 Å². The van der Waals surface area contributed by atoms with Crippen molar-refractivity contribution in [2.24, 2.45) is 8.80 Å². The molecule has 1 fully saturated rings. The summed E-state index contributed by atoms with van der Waals surface area (Å²) >= 11 is 0.803. The van der Waals surface area contributed by atoms with E-state index in [1.165, 1.54) is 9.69 Å². The number of amidine groups is 2. The third-order valence-electron chi connectivity index (χ3n) is 4.99. The summed E-state index contributed by atoms with van der Waals surface area (Å²) in [5.74, 6) is 0.269. The summed E-state index contributed by atoms with van der Waals surface area (Å²) in [4.78, 5) is 0. The zero-order chi connectivity index (χ0) is 24.7. The molecule has 0 unspecified atom stereocenters. The van der Waals surface area contributed by atoms with Gasteiger partial charge >= 0.3 is 10.2 Å². The van der Waals surface area contributed by atoms with Crippen molar-refractivity contribution in [3.8, 4) is 5.75 Å². The van der Waals surface area contributed by atoms with Gasteiger partial charge in [0.2, 0.25) is 0 Å². The van der Waals surface area contributed by atoms with Crippen LogP contribution in [-0.2, 0) is 25.0 Å². The second-order valence-corrected chi connectivity index (χ2v) is 11.9. The molecule has 4 heterocycles. The normalized spacial score (nSPS) is 19.4. The fraction of sp³-hybridized carbons (Fsp3) is 0.368. The summed E-state index contributed by atoms with van der Waals surface area (Å²) in [6, 6.07) is 2.87. The maximum Gasteiger partial charge on any atom is 0.367 e. The molecule has 1 atom stereocenters. The van der Waals surface area contributed by atoms with E-state index in [0.29, 0.717) is 17.1 Å². The summed E-state index contributed by atoms with van der Waals surface area (Å²) in [6.07, 6.45) is 0. The van der Waals surface area contributed by atoms with Gasteiger partial charge < -0.3 is 24.9 Å². The number of thiophene rings is 1. The minimum absolute atomic E-state index is 0.0251. The zero-order valence-corrected chi connectivity index (χ0v) is 20.8. The van der Waals surface area contributed by atoms with Crippen LogP contribution in [0.4, 0.5) is 5.69 Å². The number of nitrogens with one attached hydrogen (secondary N) is 2. The van der Waals surface area contributed by atoms with E-state index in [1.54, 1.807) is 26.0 Å². The Morgan fingerprint density at radius 3 is 2.56 bits per heavy atom. The summed E-state index contributed by atoms with van der Waals surface area (Å²) in [5.41, 5.74) is 0.598. The minimum Gasteiger partial charge on any atom is -0.504 e. The lowest BCUT2D eigenvalue weighted by molar-refractivity contribution is 0.0730. The molecule has 1 saturated heterocycles. The third-order valence-corrected chi connectivity index (χ3v) is 9.20. The van der Waals surface area contributed by atoms with E-state index in [0.717, 1.165) is 11.3 Å². The van der Waals surface area contributed by atoms with E-state index in [1.807, 2.05) is 0 Å². The van der Waals surface area contributed by atoms with Gasteiger partial charge in [-0.15, -0.1) is 20.1 Å². The number of ether oxygens (including phenoxy) is 1. The van der Waals surface area contributed by atoms with Gasteiger partial charge in [0.05, 0.1) is 18.9 Å². The highest BCUT2D eigenvalue weighted by atomic mass is 32.2. The Balaban J connectivity index is 1.60. The molecule has 0 aliphatic carbocycles. The maximum absolute atomic E-state index is 12.9. The monoisotopic (exact) mass is 529 g/mol. The molecule has 184 valence electrons. The van der Waals surface area contributed by atoms with Crippen LogP contribution in [0.25, 0.3) is 0 Å². The van der Waals surface area contributed by atoms with Gasteiger partial charge in [-0.25, -0.2) is 8.42 Å². The number of aromatic hydroxyl groups is 1. The van der Waals surface area contributed by atoms with Crippen LogP contribution < -0.4 is 10.6 Å². The summed E-state index contributed by atoms with van der Waals surface area (Å²) in [5, 5.41) is 17.6. The van der Waals surface area contributed by atoms with Gasteiger partial charge in [-0.2, -0.15) is 12.7 Å². The van der Waals surface area contributed by atoms with E-state index in [9.17, 15) is 21.9 Å². The summed E-state index contributed by atoms with van der Waals surface area (Å²) < 4.78 is 69.0. The fourth-order valence-electron chi connectivity index (χ4n) is 3.33. The molecule has 0 spiro atoms. The van der Waals surface area contributed by atoms with Crippen LogP contribution in [0.3, 0.4) is 0 Å². The average Bonchev–Trinajstić information content (AvgIpc) is 3.44. The van der Waals surface area contributed by atoms with Gasteiger partial charge in [0.15, 0.2) is 21.6 Å². The molecule has 0 saturated carbocycles. The molecule has 4 rings (SSSR count). The molecule has 3 N–H and O–H groups in total. The van der Waals surface area contributed by atoms with Crippen LogP contribution in [0.15, 0.2) is 47.1 Å². The molecule has 34 heavy (non-hydrogen) atoms. The first-order valence-corrected chi connectivity index (χ1v) is 13.8. The number of sulfonamides is 1. The van der Waals surface area contributed by atoms with E-state index < -0.39 is 32.0 Å². The van der Waals surface area contributed by atoms with Crippen LogP contribution in [0.5, 0.6) is 5.75 Å². The Hall–Kier alpha value is -2.72. The number of hydrogen-bond donors (Lipinski definition) is 3. The lowest BCUT2D eigenvalue weighted by atomic mass is 10.1. The van der Waals surface area contributed by atoms with Gasteiger partial charge in [-0.3, -0.25) is 0 Å². The van der Waals surface area contributed by atoms with Gasteiger partial charge in [0, 0.05) is 18.5 Å². The molecular formula is C19H23N5O7S3. The Bertz CT molecular complexity index is 1380. The molecule has 0 aromatic carbocycles. The number of morpholine rings is 1. The van der Waals surface area contributed by atoms with E-state index in [-0.39, 0.29) is 47.9 Å². The number of nitrogens with zero attached hydrogens (tertiary/aromatic N) is 3. The second-order valence-electron chi connectivity index (χ2n) is 7.63. The van der Waals surface area contributed by atoms with Crippen molar-refractivity contribution in [3.05, 3.63) is 41.2 Å². The first kappa shape index (κ1) is 24.4. The Morgan fingerprint density at radius 2 is 1.94 bits per heavy atom. The molecule has 2 aromatic heterocycles.